The van der Waals surface area contributed by atoms with E-state index < -0.39 is 4.92 Å². The van der Waals surface area contributed by atoms with Crippen molar-refractivity contribution in [3.63, 3.8) is 0 Å². The van der Waals surface area contributed by atoms with Crippen LogP contribution in [0.2, 0.25) is 0 Å². The number of benzene rings is 2. The molecule has 0 spiro atoms. The summed E-state index contributed by atoms with van der Waals surface area (Å²) in [5.41, 5.74) is 1.70. The van der Waals surface area contributed by atoms with Gasteiger partial charge in [-0.25, -0.2) is 0 Å². The van der Waals surface area contributed by atoms with Crippen LogP contribution in [0.5, 0.6) is 0 Å². The first-order valence-electron chi connectivity index (χ1n) is 7.59. The third-order valence-electron chi connectivity index (χ3n) is 4.06. The van der Waals surface area contributed by atoms with Gasteiger partial charge in [0.05, 0.1) is 4.92 Å². The predicted molar refractivity (Wildman–Crippen MR) is 95.4 cm³/mol. The second-order valence-electron chi connectivity index (χ2n) is 5.56. The van der Waals surface area contributed by atoms with E-state index in [0.717, 1.165) is 10.2 Å². The molecule has 0 aromatic heterocycles. The molecule has 1 fully saturated rings. The van der Waals surface area contributed by atoms with Gasteiger partial charge < -0.3 is 9.80 Å². The molecule has 1 saturated heterocycles. The quantitative estimate of drug-likeness (QED) is 0.596. The van der Waals surface area contributed by atoms with Crippen LogP contribution in [0.4, 0.5) is 11.4 Å². The molecule has 6 nitrogen and oxygen atoms in total. The van der Waals surface area contributed by atoms with Crippen LogP contribution < -0.4 is 4.90 Å². The predicted octanol–water partition coefficient (Wildman–Crippen LogP) is 3.32. The van der Waals surface area contributed by atoms with Gasteiger partial charge in [0.2, 0.25) is 0 Å². The third-order valence-corrected chi connectivity index (χ3v) is 4.56. The first kappa shape index (κ1) is 16.4. The number of nitro groups is 1. The van der Waals surface area contributed by atoms with E-state index in [1.807, 2.05) is 29.2 Å². The minimum atomic E-state index is -0.404. The molecule has 1 aliphatic heterocycles. The van der Waals surface area contributed by atoms with Crippen molar-refractivity contribution >= 4 is 33.2 Å². The lowest BCUT2D eigenvalue weighted by Gasteiger charge is -2.36. The second kappa shape index (κ2) is 7.00. The molecule has 3 rings (SSSR count). The summed E-state index contributed by atoms with van der Waals surface area (Å²) < 4.78 is 0.887. The largest absolute Gasteiger partial charge is 0.368 e. The number of nitro benzene ring substituents is 1. The van der Waals surface area contributed by atoms with Crippen molar-refractivity contribution in [3.05, 3.63) is 68.7 Å². The molecular weight excluding hydrogens is 374 g/mol. The zero-order valence-electron chi connectivity index (χ0n) is 12.9. The summed E-state index contributed by atoms with van der Waals surface area (Å²) >= 11 is 3.38. The number of piperazine rings is 1. The summed E-state index contributed by atoms with van der Waals surface area (Å²) in [6, 6.07) is 13.9. The number of non-ortho nitro benzene ring substituents is 1. The van der Waals surface area contributed by atoms with Gasteiger partial charge >= 0.3 is 0 Å². The molecular formula is C17H16BrN3O3. The van der Waals surface area contributed by atoms with Gasteiger partial charge in [-0.2, -0.15) is 0 Å². The highest BCUT2D eigenvalue weighted by Gasteiger charge is 2.22. The van der Waals surface area contributed by atoms with Crippen molar-refractivity contribution < 1.29 is 9.72 Å². The van der Waals surface area contributed by atoms with E-state index in [1.54, 1.807) is 12.1 Å². The first-order valence-corrected chi connectivity index (χ1v) is 8.38. The molecule has 0 bridgehead atoms. The summed E-state index contributed by atoms with van der Waals surface area (Å²) in [5.74, 6) is 0.0275. The molecule has 1 aliphatic rings. The minimum Gasteiger partial charge on any atom is -0.368 e. The van der Waals surface area contributed by atoms with E-state index in [0.29, 0.717) is 31.7 Å². The lowest BCUT2D eigenvalue weighted by atomic mass is 10.1. The normalized spacial score (nSPS) is 14.5. The van der Waals surface area contributed by atoms with E-state index in [1.165, 1.54) is 12.1 Å². The highest BCUT2D eigenvalue weighted by molar-refractivity contribution is 9.10. The number of carbonyl (C=O) groups is 1. The van der Waals surface area contributed by atoms with Crippen LogP contribution in [-0.2, 0) is 0 Å². The van der Waals surface area contributed by atoms with Crippen LogP contribution in [-0.4, -0.2) is 41.9 Å². The van der Waals surface area contributed by atoms with Crippen LogP contribution in [0.25, 0.3) is 0 Å². The SMILES string of the molecule is O=C(c1cccc(Br)c1)N1CCN(c2ccc([N+](=O)[O-])cc2)CC1. The Hall–Kier alpha value is -2.41. The Morgan fingerprint density at radius 2 is 1.71 bits per heavy atom. The maximum atomic E-state index is 12.5. The van der Waals surface area contributed by atoms with E-state index >= 15 is 0 Å². The highest BCUT2D eigenvalue weighted by atomic mass is 79.9. The number of hydrogen-bond acceptors (Lipinski definition) is 4. The van der Waals surface area contributed by atoms with Crippen molar-refractivity contribution in [1.29, 1.82) is 0 Å². The maximum Gasteiger partial charge on any atom is 0.269 e. The summed E-state index contributed by atoms with van der Waals surface area (Å²) in [5, 5.41) is 10.7. The third kappa shape index (κ3) is 3.56. The van der Waals surface area contributed by atoms with Crippen LogP contribution >= 0.6 is 15.9 Å². The Bertz CT molecular complexity index is 756. The molecule has 0 unspecified atom stereocenters. The molecule has 2 aromatic rings. The number of nitrogens with zero attached hydrogens (tertiary/aromatic N) is 3. The standard InChI is InChI=1S/C17H16BrN3O3/c18-14-3-1-2-13(12-14)17(22)20-10-8-19(9-11-20)15-4-6-16(7-5-15)21(23)24/h1-7,12H,8-11H2. The molecule has 124 valence electrons. The fraction of sp³-hybridized carbons (Fsp3) is 0.235. The fourth-order valence-corrected chi connectivity index (χ4v) is 3.16. The summed E-state index contributed by atoms with van der Waals surface area (Å²) in [6.45, 7) is 2.67. The van der Waals surface area contributed by atoms with Crippen LogP contribution in [0.15, 0.2) is 53.0 Å². The van der Waals surface area contributed by atoms with E-state index in [2.05, 4.69) is 20.8 Å². The van der Waals surface area contributed by atoms with Crippen molar-refractivity contribution in [2.45, 2.75) is 0 Å². The molecule has 24 heavy (non-hydrogen) atoms. The lowest BCUT2D eigenvalue weighted by molar-refractivity contribution is -0.384. The summed E-state index contributed by atoms with van der Waals surface area (Å²) in [7, 11) is 0. The Balaban J connectivity index is 1.63. The number of anilines is 1. The summed E-state index contributed by atoms with van der Waals surface area (Å²) in [4.78, 5) is 26.8. The lowest BCUT2D eigenvalue weighted by Crippen LogP contribution is -2.48. The van der Waals surface area contributed by atoms with Crippen molar-refractivity contribution in [1.82, 2.24) is 4.90 Å². The molecule has 0 aliphatic carbocycles. The molecule has 2 aromatic carbocycles. The minimum absolute atomic E-state index is 0.0275. The van der Waals surface area contributed by atoms with Gasteiger partial charge in [0.1, 0.15) is 0 Å². The number of amides is 1. The van der Waals surface area contributed by atoms with Crippen LogP contribution in [0.1, 0.15) is 10.4 Å². The van der Waals surface area contributed by atoms with Gasteiger partial charge in [-0.05, 0) is 30.3 Å². The Morgan fingerprint density at radius 3 is 2.29 bits per heavy atom. The molecule has 1 amide bonds. The molecule has 0 atom stereocenters. The molecule has 7 heteroatoms. The van der Waals surface area contributed by atoms with E-state index in [-0.39, 0.29) is 11.6 Å². The van der Waals surface area contributed by atoms with Crippen molar-refractivity contribution in [3.8, 4) is 0 Å². The monoisotopic (exact) mass is 389 g/mol. The van der Waals surface area contributed by atoms with Gasteiger partial charge in [0, 0.05) is 54.0 Å². The van der Waals surface area contributed by atoms with Crippen molar-refractivity contribution in [2.24, 2.45) is 0 Å². The zero-order chi connectivity index (χ0) is 17.1. The summed E-state index contributed by atoms with van der Waals surface area (Å²) in [6.07, 6.45) is 0. The maximum absolute atomic E-state index is 12.5. The smallest absolute Gasteiger partial charge is 0.269 e. The molecule has 0 saturated carbocycles. The van der Waals surface area contributed by atoms with Gasteiger partial charge in [-0.3, -0.25) is 14.9 Å². The Kier molecular flexibility index (Phi) is 4.80. The van der Waals surface area contributed by atoms with Crippen molar-refractivity contribution in [2.75, 3.05) is 31.1 Å². The second-order valence-corrected chi connectivity index (χ2v) is 6.48. The fourth-order valence-electron chi connectivity index (χ4n) is 2.76. The zero-order valence-corrected chi connectivity index (χ0v) is 14.5. The van der Waals surface area contributed by atoms with Gasteiger partial charge in [-0.15, -0.1) is 0 Å². The first-order chi connectivity index (χ1) is 11.5. The average molecular weight is 390 g/mol. The van der Waals surface area contributed by atoms with Gasteiger partial charge in [0.15, 0.2) is 0 Å². The number of carbonyl (C=O) groups excluding carboxylic acids is 1. The van der Waals surface area contributed by atoms with Gasteiger partial charge in [0.25, 0.3) is 11.6 Å². The van der Waals surface area contributed by atoms with Crippen LogP contribution in [0, 0.1) is 10.1 Å². The molecule has 0 N–H and O–H groups in total. The number of halogens is 1. The molecule has 0 radical (unpaired) electrons. The number of rotatable bonds is 3. The Morgan fingerprint density at radius 1 is 1.04 bits per heavy atom. The molecule has 1 heterocycles. The van der Waals surface area contributed by atoms with Gasteiger partial charge in [-0.1, -0.05) is 22.0 Å². The topological polar surface area (TPSA) is 66.7 Å². The van der Waals surface area contributed by atoms with Crippen LogP contribution in [0.3, 0.4) is 0 Å². The Labute approximate surface area is 148 Å². The highest BCUT2D eigenvalue weighted by Crippen LogP contribution is 2.21. The average Bonchev–Trinajstić information content (AvgIpc) is 2.61. The number of hydrogen-bond donors (Lipinski definition) is 0. The van der Waals surface area contributed by atoms with E-state index in [9.17, 15) is 14.9 Å². The van der Waals surface area contributed by atoms with E-state index in [4.69, 9.17) is 0 Å².